The minimum atomic E-state index is -0.369. The fourth-order valence-corrected chi connectivity index (χ4v) is 4.17. The van der Waals surface area contributed by atoms with Crippen LogP contribution < -0.4 is 0 Å². The average Bonchev–Trinajstić information content (AvgIpc) is 3.12. The Labute approximate surface area is 129 Å². The molecule has 2 atom stereocenters. The molecular formula is C18H21FN2O. The van der Waals surface area contributed by atoms with Crippen molar-refractivity contribution in [3.05, 3.63) is 42.1 Å². The summed E-state index contributed by atoms with van der Waals surface area (Å²) in [5.41, 5.74) is 2.59. The lowest BCUT2D eigenvalue weighted by Gasteiger charge is -2.29. The molecule has 1 aromatic heterocycles. The van der Waals surface area contributed by atoms with Crippen LogP contribution in [-0.4, -0.2) is 20.8 Å². The zero-order valence-electron chi connectivity index (χ0n) is 12.6. The molecule has 116 valence electrons. The zero-order chi connectivity index (χ0) is 15.1. The first-order valence-electron chi connectivity index (χ1n) is 8.24. The second-order valence-corrected chi connectivity index (χ2v) is 6.60. The predicted octanol–water partition coefficient (Wildman–Crippen LogP) is 3.92. The molecule has 2 aliphatic rings. The van der Waals surface area contributed by atoms with Crippen molar-refractivity contribution in [1.82, 2.24) is 9.55 Å². The van der Waals surface area contributed by atoms with E-state index in [4.69, 9.17) is 0 Å². The van der Waals surface area contributed by atoms with Crippen molar-refractivity contribution in [2.75, 3.05) is 0 Å². The van der Waals surface area contributed by atoms with E-state index in [1.807, 2.05) is 10.6 Å². The highest BCUT2D eigenvalue weighted by Gasteiger charge is 2.34. The summed E-state index contributed by atoms with van der Waals surface area (Å²) in [7, 11) is 0. The Morgan fingerprint density at radius 2 is 2.09 bits per heavy atom. The molecule has 0 unspecified atom stereocenters. The standard InChI is InChI=1S/C18H21FN2O/c19-14-8-4-7-13-16-10-20-11-21(16)15(18(13)14)9-17(22)12-5-2-1-3-6-12/h4,7-8,10-12,15,17,22H,1-3,5-6,9H2/t15-,17-/m0/s1. The van der Waals surface area contributed by atoms with E-state index in [-0.39, 0.29) is 18.0 Å². The number of aromatic nitrogens is 2. The molecule has 22 heavy (non-hydrogen) atoms. The second kappa shape index (κ2) is 5.51. The third-order valence-electron chi connectivity index (χ3n) is 5.32. The third-order valence-corrected chi connectivity index (χ3v) is 5.32. The van der Waals surface area contributed by atoms with Crippen LogP contribution in [0.2, 0.25) is 0 Å². The van der Waals surface area contributed by atoms with Crippen molar-refractivity contribution in [2.24, 2.45) is 5.92 Å². The maximum atomic E-state index is 14.4. The van der Waals surface area contributed by atoms with Crippen LogP contribution in [0.15, 0.2) is 30.7 Å². The smallest absolute Gasteiger partial charge is 0.129 e. The van der Waals surface area contributed by atoms with Crippen molar-refractivity contribution < 1.29 is 9.50 Å². The Morgan fingerprint density at radius 3 is 2.91 bits per heavy atom. The summed E-state index contributed by atoms with van der Waals surface area (Å²) in [5.74, 6) is 0.179. The molecule has 0 spiro atoms. The first-order valence-corrected chi connectivity index (χ1v) is 8.24. The average molecular weight is 300 g/mol. The topological polar surface area (TPSA) is 38.1 Å². The number of aliphatic hydroxyl groups is 1. The summed E-state index contributed by atoms with van der Waals surface area (Å²) < 4.78 is 16.4. The molecule has 0 amide bonds. The van der Waals surface area contributed by atoms with Crippen LogP contribution >= 0.6 is 0 Å². The zero-order valence-corrected chi connectivity index (χ0v) is 12.6. The minimum absolute atomic E-state index is 0.134. The first kappa shape index (κ1) is 13.9. The lowest BCUT2D eigenvalue weighted by atomic mass is 9.82. The molecule has 2 heterocycles. The monoisotopic (exact) mass is 300 g/mol. The van der Waals surface area contributed by atoms with Gasteiger partial charge in [0.05, 0.1) is 30.4 Å². The third kappa shape index (κ3) is 2.17. The highest BCUT2D eigenvalue weighted by atomic mass is 19.1. The van der Waals surface area contributed by atoms with Crippen LogP contribution in [0.1, 0.15) is 50.1 Å². The van der Waals surface area contributed by atoms with Gasteiger partial charge in [0.1, 0.15) is 5.82 Å². The van der Waals surface area contributed by atoms with Crippen molar-refractivity contribution in [1.29, 1.82) is 0 Å². The Balaban J connectivity index is 1.65. The van der Waals surface area contributed by atoms with E-state index in [0.29, 0.717) is 12.3 Å². The molecule has 1 aliphatic carbocycles. The molecule has 1 fully saturated rings. The van der Waals surface area contributed by atoms with Crippen LogP contribution in [0.4, 0.5) is 4.39 Å². The van der Waals surface area contributed by atoms with E-state index in [2.05, 4.69) is 4.98 Å². The lowest BCUT2D eigenvalue weighted by Crippen LogP contribution is -2.26. The number of halogens is 1. The summed E-state index contributed by atoms with van der Waals surface area (Å²) in [6, 6.07) is 5.06. The van der Waals surface area contributed by atoms with Crippen molar-refractivity contribution in [2.45, 2.75) is 50.7 Å². The van der Waals surface area contributed by atoms with Gasteiger partial charge in [0.2, 0.25) is 0 Å². The summed E-state index contributed by atoms with van der Waals surface area (Å²) in [4.78, 5) is 4.20. The summed E-state index contributed by atoms with van der Waals surface area (Å²) in [6.07, 6.45) is 9.60. The highest BCUT2D eigenvalue weighted by molar-refractivity contribution is 5.69. The fraction of sp³-hybridized carbons (Fsp3) is 0.500. The molecule has 4 heteroatoms. The van der Waals surface area contributed by atoms with Gasteiger partial charge in [-0.2, -0.15) is 0 Å². The lowest BCUT2D eigenvalue weighted by molar-refractivity contribution is 0.0683. The minimum Gasteiger partial charge on any atom is -0.393 e. The number of fused-ring (bicyclic) bond motifs is 3. The van der Waals surface area contributed by atoms with Crippen molar-refractivity contribution in [3.63, 3.8) is 0 Å². The molecule has 4 rings (SSSR count). The number of benzene rings is 1. The molecule has 0 radical (unpaired) electrons. The number of nitrogens with zero attached hydrogens (tertiary/aromatic N) is 2. The van der Waals surface area contributed by atoms with Gasteiger partial charge in [-0.1, -0.05) is 31.4 Å². The molecule has 0 bridgehead atoms. The van der Waals surface area contributed by atoms with Crippen molar-refractivity contribution in [3.8, 4) is 11.3 Å². The molecule has 1 aliphatic heterocycles. The van der Waals surface area contributed by atoms with Gasteiger partial charge in [0.25, 0.3) is 0 Å². The van der Waals surface area contributed by atoms with Gasteiger partial charge in [-0.25, -0.2) is 9.37 Å². The van der Waals surface area contributed by atoms with E-state index >= 15 is 0 Å². The molecular weight excluding hydrogens is 279 g/mol. The maximum absolute atomic E-state index is 14.4. The SMILES string of the molecule is O[C@@H](C[C@H]1c2c(F)cccc2-c2cncn21)C1CCCCC1. The van der Waals surface area contributed by atoms with Gasteiger partial charge in [-0.15, -0.1) is 0 Å². The molecule has 0 saturated heterocycles. The molecule has 2 aromatic rings. The molecule has 1 saturated carbocycles. The van der Waals surface area contributed by atoms with Crippen LogP contribution in [0.25, 0.3) is 11.3 Å². The largest absolute Gasteiger partial charge is 0.393 e. The van der Waals surface area contributed by atoms with Crippen molar-refractivity contribution >= 4 is 0 Å². The Kier molecular flexibility index (Phi) is 3.49. The highest BCUT2D eigenvalue weighted by Crippen LogP contribution is 2.43. The van der Waals surface area contributed by atoms with Gasteiger partial charge in [-0.3, -0.25) is 0 Å². The summed E-state index contributed by atoms with van der Waals surface area (Å²) in [6.45, 7) is 0. The van der Waals surface area contributed by atoms with Crippen LogP contribution in [-0.2, 0) is 0 Å². The quantitative estimate of drug-likeness (QED) is 0.933. The summed E-state index contributed by atoms with van der Waals surface area (Å²) >= 11 is 0. The summed E-state index contributed by atoms with van der Waals surface area (Å²) in [5, 5.41) is 10.7. The van der Waals surface area contributed by atoms with E-state index in [9.17, 15) is 9.50 Å². The van der Waals surface area contributed by atoms with E-state index in [0.717, 1.165) is 29.7 Å². The number of imidazole rings is 1. The van der Waals surface area contributed by atoms with E-state index in [1.165, 1.54) is 25.3 Å². The number of hydrogen-bond acceptors (Lipinski definition) is 2. The second-order valence-electron chi connectivity index (χ2n) is 6.60. The number of hydrogen-bond donors (Lipinski definition) is 1. The molecule has 3 nitrogen and oxygen atoms in total. The van der Waals surface area contributed by atoms with Gasteiger partial charge in [0, 0.05) is 11.1 Å². The molecule has 1 aromatic carbocycles. The van der Waals surface area contributed by atoms with Crippen LogP contribution in [0.3, 0.4) is 0 Å². The van der Waals surface area contributed by atoms with Gasteiger partial charge in [-0.05, 0) is 31.2 Å². The van der Waals surface area contributed by atoms with E-state index in [1.54, 1.807) is 18.6 Å². The Hall–Kier alpha value is -1.68. The number of aliphatic hydroxyl groups excluding tert-OH is 1. The Bertz CT molecular complexity index is 675. The van der Waals surface area contributed by atoms with Gasteiger partial charge < -0.3 is 9.67 Å². The molecule has 1 N–H and O–H groups in total. The van der Waals surface area contributed by atoms with Gasteiger partial charge >= 0.3 is 0 Å². The number of rotatable bonds is 3. The normalized spacial score (nSPS) is 22.4. The van der Waals surface area contributed by atoms with Crippen LogP contribution in [0, 0.1) is 11.7 Å². The van der Waals surface area contributed by atoms with Gasteiger partial charge in [0.15, 0.2) is 0 Å². The Morgan fingerprint density at radius 1 is 1.27 bits per heavy atom. The maximum Gasteiger partial charge on any atom is 0.129 e. The predicted molar refractivity (Wildman–Crippen MR) is 83.0 cm³/mol. The van der Waals surface area contributed by atoms with Crippen LogP contribution in [0.5, 0.6) is 0 Å². The fourth-order valence-electron chi connectivity index (χ4n) is 4.17. The first-order chi connectivity index (χ1) is 10.8. The van der Waals surface area contributed by atoms with E-state index < -0.39 is 0 Å².